The van der Waals surface area contributed by atoms with Crippen LogP contribution in [0.25, 0.3) is 0 Å². The van der Waals surface area contributed by atoms with Crippen LogP contribution in [0.4, 0.5) is 0 Å². The fourth-order valence-corrected chi connectivity index (χ4v) is 7.91. The Kier molecular flexibility index (Phi) is 4.73. The van der Waals surface area contributed by atoms with Gasteiger partial charge in [0.25, 0.3) is 5.97 Å². The van der Waals surface area contributed by atoms with Gasteiger partial charge < -0.3 is 5.11 Å². The number of hydrogen-bond donors (Lipinski definition) is 1. The summed E-state index contributed by atoms with van der Waals surface area (Å²) >= 11 is 0. The number of aliphatic carboxylic acids is 1. The molecule has 0 aromatic rings. The molecule has 134 valence electrons. The maximum Gasteiger partial charge on any atom is 0.295 e. The van der Waals surface area contributed by atoms with E-state index in [1.54, 1.807) is 0 Å². The molecule has 0 spiro atoms. The maximum absolute atomic E-state index is 10.9. The highest BCUT2D eigenvalue weighted by atomic mass is 16.4. The van der Waals surface area contributed by atoms with E-state index in [1.165, 1.54) is 64.2 Å². The third-order valence-corrected chi connectivity index (χ3v) is 9.02. The van der Waals surface area contributed by atoms with E-state index in [0.29, 0.717) is 11.7 Å². The Morgan fingerprint density at radius 1 is 1.00 bits per heavy atom. The van der Waals surface area contributed by atoms with Crippen molar-refractivity contribution in [3.63, 3.8) is 0 Å². The highest BCUT2D eigenvalue weighted by Crippen LogP contribution is 2.64. The molecule has 4 fully saturated rings. The molecular weight excluding hydrogens is 295 g/mol. The zero-order valence-corrected chi connectivity index (χ0v) is 15.5. The second-order valence-corrected chi connectivity index (χ2v) is 9.82. The molecule has 0 aromatic carbocycles. The minimum Gasteiger partial charge on any atom is -0.482 e. The average molecular weight is 330 g/mol. The van der Waals surface area contributed by atoms with Crippen LogP contribution < -0.4 is 0 Å². The van der Waals surface area contributed by atoms with Crippen molar-refractivity contribution < 1.29 is 9.90 Å². The number of carboxylic acids is 1. The lowest BCUT2D eigenvalue weighted by atomic mass is 9.48. The summed E-state index contributed by atoms with van der Waals surface area (Å²) in [6.45, 7) is 2.58. The molecule has 4 aliphatic rings. The van der Waals surface area contributed by atoms with Crippen LogP contribution in [0.3, 0.4) is 0 Å². The first kappa shape index (κ1) is 17.0. The largest absolute Gasteiger partial charge is 0.482 e. The smallest absolute Gasteiger partial charge is 0.295 e. The fourth-order valence-electron chi connectivity index (χ4n) is 7.91. The topological polar surface area (TPSA) is 37.3 Å². The molecule has 0 saturated heterocycles. The van der Waals surface area contributed by atoms with Crippen molar-refractivity contribution in [1.29, 1.82) is 0 Å². The normalized spacial score (nSPS) is 47.4. The molecule has 4 aliphatic carbocycles. The summed E-state index contributed by atoms with van der Waals surface area (Å²) in [4.78, 5) is 10.9. The van der Waals surface area contributed by atoms with Crippen LogP contribution in [0, 0.1) is 40.9 Å². The van der Waals surface area contributed by atoms with Crippen molar-refractivity contribution in [3.8, 4) is 0 Å². The number of rotatable bonds is 4. The summed E-state index contributed by atoms with van der Waals surface area (Å²) in [5, 5.41) is 8.95. The van der Waals surface area contributed by atoms with E-state index in [1.807, 2.05) is 0 Å². The molecule has 2 nitrogen and oxygen atoms in total. The highest BCUT2D eigenvalue weighted by molar-refractivity contribution is 6.40. The third-order valence-electron chi connectivity index (χ3n) is 9.02. The van der Waals surface area contributed by atoms with Crippen molar-refractivity contribution in [2.75, 3.05) is 0 Å². The van der Waals surface area contributed by atoms with E-state index in [0.717, 1.165) is 49.1 Å². The average Bonchev–Trinajstić information content (AvgIpc) is 2.91. The van der Waals surface area contributed by atoms with Crippen molar-refractivity contribution in [1.82, 2.24) is 0 Å². The summed E-state index contributed by atoms with van der Waals surface area (Å²) in [6.07, 6.45) is 16.3. The Bertz CT molecular complexity index is 478. The minimum atomic E-state index is -0.617. The Morgan fingerprint density at radius 3 is 2.67 bits per heavy atom. The number of fused-ring (bicyclic) bond motifs is 5. The lowest BCUT2D eigenvalue weighted by Gasteiger charge is -2.56. The molecule has 0 radical (unpaired) electrons. The van der Waals surface area contributed by atoms with Crippen LogP contribution in [-0.4, -0.2) is 18.4 Å². The number of carboxylic acid groups (broad SMARTS) is 1. The Balaban J connectivity index is 1.44. The van der Waals surface area contributed by atoms with Crippen LogP contribution >= 0.6 is 0 Å². The quantitative estimate of drug-likeness (QED) is 0.736. The van der Waals surface area contributed by atoms with E-state index < -0.39 is 5.97 Å². The molecule has 7 unspecified atom stereocenters. The second-order valence-electron chi connectivity index (χ2n) is 9.82. The van der Waals surface area contributed by atoms with Gasteiger partial charge in [0.1, 0.15) is 7.28 Å². The number of hydrogen-bond acceptors (Lipinski definition) is 1. The summed E-state index contributed by atoms with van der Waals surface area (Å²) in [5.74, 6) is 5.31. The van der Waals surface area contributed by atoms with E-state index in [-0.39, 0.29) is 0 Å². The Morgan fingerprint density at radius 2 is 1.83 bits per heavy atom. The number of carbonyl (C=O) groups is 1. The molecular formula is C21H35BO2. The molecule has 3 heteroatoms. The standard InChI is InChI=1S/C21H35BO2/c1-21-11-10-17-16-5-3-2-4-14(16)6-8-18(17)19(21)9-7-15(21)12-22-13-20(23)24/h14-19,22H,2-13H2,1H3,(H,23,24). The monoisotopic (exact) mass is 330 g/mol. The van der Waals surface area contributed by atoms with Crippen LogP contribution in [0.2, 0.25) is 12.6 Å². The summed E-state index contributed by atoms with van der Waals surface area (Å²) in [6, 6.07) is 0. The molecule has 0 amide bonds. The molecule has 0 aromatic heterocycles. The zero-order valence-electron chi connectivity index (χ0n) is 15.5. The van der Waals surface area contributed by atoms with Gasteiger partial charge in [0.2, 0.25) is 0 Å². The van der Waals surface area contributed by atoms with E-state index in [2.05, 4.69) is 6.92 Å². The molecule has 0 aliphatic heterocycles. The first-order valence-corrected chi connectivity index (χ1v) is 10.8. The van der Waals surface area contributed by atoms with Gasteiger partial charge in [0.05, 0.1) is 0 Å². The lowest BCUT2D eigenvalue weighted by molar-refractivity contribution is -0.134. The molecule has 0 heterocycles. The minimum absolute atomic E-state index is 0.368. The molecule has 0 bridgehead atoms. The van der Waals surface area contributed by atoms with Crippen LogP contribution in [-0.2, 0) is 4.79 Å². The summed E-state index contributed by atoms with van der Waals surface area (Å²) in [5.41, 5.74) is 0.529. The second kappa shape index (κ2) is 6.69. The van der Waals surface area contributed by atoms with Crippen molar-refractivity contribution in [3.05, 3.63) is 0 Å². The molecule has 4 saturated carbocycles. The van der Waals surface area contributed by atoms with Crippen molar-refractivity contribution >= 4 is 13.2 Å². The van der Waals surface area contributed by atoms with Gasteiger partial charge in [0.15, 0.2) is 0 Å². The predicted octanol–water partition coefficient (Wildman–Crippen LogP) is 5.00. The molecule has 7 atom stereocenters. The van der Waals surface area contributed by atoms with E-state index >= 15 is 0 Å². The van der Waals surface area contributed by atoms with Crippen LogP contribution in [0.1, 0.15) is 71.1 Å². The zero-order chi connectivity index (χ0) is 16.7. The van der Waals surface area contributed by atoms with Gasteiger partial charge in [-0.15, -0.1) is 0 Å². The predicted molar refractivity (Wildman–Crippen MR) is 99.6 cm³/mol. The summed E-state index contributed by atoms with van der Waals surface area (Å²) in [7, 11) is 0.890. The van der Waals surface area contributed by atoms with Crippen LogP contribution in [0.15, 0.2) is 0 Å². The van der Waals surface area contributed by atoms with Gasteiger partial charge >= 0.3 is 0 Å². The lowest BCUT2D eigenvalue weighted by Crippen LogP contribution is -2.48. The van der Waals surface area contributed by atoms with Crippen LogP contribution in [0.5, 0.6) is 0 Å². The maximum atomic E-state index is 10.9. The van der Waals surface area contributed by atoms with Crippen molar-refractivity contribution in [2.24, 2.45) is 40.9 Å². The van der Waals surface area contributed by atoms with Crippen molar-refractivity contribution in [2.45, 2.75) is 83.8 Å². The Hall–Kier alpha value is -0.465. The fraction of sp³-hybridized carbons (Fsp3) is 0.952. The van der Waals surface area contributed by atoms with Gasteiger partial charge in [-0.25, -0.2) is 0 Å². The third kappa shape index (κ3) is 2.84. The Labute approximate surface area is 148 Å². The van der Waals surface area contributed by atoms with Gasteiger partial charge in [-0.3, -0.25) is 4.79 Å². The van der Waals surface area contributed by atoms with Gasteiger partial charge in [-0.2, -0.15) is 0 Å². The first-order valence-electron chi connectivity index (χ1n) is 10.8. The first-order chi connectivity index (χ1) is 11.6. The molecule has 4 rings (SSSR count). The van der Waals surface area contributed by atoms with E-state index in [4.69, 9.17) is 5.11 Å². The van der Waals surface area contributed by atoms with E-state index in [9.17, 15) is 4.79 Å². The van der Waals surface area contributed by atoms with Gasteiger partial charge in [0, 0.05) is 6.32 Å². The summed E-state index contributed by atoms with van der Waals surface area (Å²) < 4.78 is 0. The SMILES string of the molecule is CC12CCC3C4CCCCC4CCC3C1CCC2CBCC(=O)O. The highest BCUT2D eigenvalue weighted by Gasteiger charge is 2.56. The van der Waals surface area contributed by atoms with Gasteiger partial charge in [-0.05, 0) is 79.4 Å². The van der Waals surface area contributed by atoms with Gasteiger partial charge in [-0.1, -0.05) is 38.9 Å². The molecule has 1 N–H and O–H groups in total. The molecule has 24 heavy (non-hydrogen) atoms.